The molecule has 12 heavy (non-hydrogen) atoms. The molecule has 1 aliphatic rings. The van der Waals surface area contributed by atoms with Crippen LogP contribution in [0.2, 0.25) is 0 Å². The Kier molecular flexibility index (Phi) is 4.18. The summed E-state index contributed by atoms with van der Waals surface area (Å²) in [6, 6.07) is 0. The maximum atomic E-state index is 11.0. The Labute approximate surface area is 76.1 Å². The normalized spacial score (nSPS) is 21.7. The molecule has 0 N–H and O–H groups in total. The van der Waals surface area contributed by atoms with Gasteiger partial charge in [-0.3, -0.25) is 0 Å². The Morgan fingerprint density at radius 2 is 2.17 bits per heavy atom. The zero-order valence-corrected chi connectivity index (χ0v) is 7.69. The van der Waals surface area contributed by atoms with Crippen molar-refractivity contribution >= 4 is 17.7 Å². The smallest absolute Gasteiger partial charge is 0.334 e. The number of esters is 1. The van der Waals surface area contributed by atoms with E-state index in [1.165, 1.54) is 0 Å². The molecular formula is C8H12O3S. The highest BCUT2D eigenvalue weighted by molar-refractivity contribution is 7.99. The van der Waals surface area contributed by atoms with Crippen LogP contribution in [0.15, 0.2) is 12.2 Å². The van der Waals surface area contributed by atoms with Gasteiger partial charge in [-0.15, -0.1) is 0 Å². The predicted molar refractivity (Wildman–Crippen MR) is 48.2 cm³/mol. The zero-order valence-electron chi connectivity index (χ0n) is 6.88. The van der Waals surface area contributed by atoms with E-state index in [1.54, 1.807) is 11.8 Å². The average Bonchev–Trinajstić information content (AvgIpc) is 2.08. The van der Waals surface area contributed by atoms with Crippen molar-refractivity contribution in [3.05, 3.63) is 12.2 Å². The van der Waals surface area contributed by atoms with Crippen molar-refractivity contribution in [3.8, 4) is 0 Å². The second-order valence-corrected chi connectivity index (χ2v) is 3.51. The van der Waals surface area contributed by atoms with Crippen LogP contribution in [0.3, 0.4) is 0 Å². The largest absolute Gasteiger partial charge is 0.460 e. The highest BCUT2D eigenvalue weighted by Crippen LogP contribution is 2.08. The van der Waals surface area contributed by atoms with E-state index in [0.29, 0.717) is 24.5 Å². The minimum absolute atomic E-state index is 0.298. The molecule has 1 fully saturated rings. The predicted octanol–water partition coefficient (Wildman–Crippen LogP) is 0.849. The standard InChI is InChI=1S/C8H12O3S/c1-7-6-12-5-4-10-2-3-11-8(7)9/h1-6H2. The maximum Gasteiger partial charge on any atom is 0.334 e. The van der Waals surface area contributed by atoms with Gasteiger partial charge in [0.15, 0.2) is 0 Å². The number of rotatable bonds is 0. The van der Waals surface area contributed by atoms with E-state index in [4.69, 9.17) is 9.47 Å². The van der Waals surface area contributed by atoms with Gasteiger partial charge in [0.2, 0.25) is 0 Å². The molecular weight excluding hydrogens is 176 g/mol. The molecule has 0 aromatic heterocycles. The lowest BCUT2D eigenvalue weighted by Crippen LogP contribution is -2.16. The molecule has 0 aromatic rings. The van der Waals surface area contributed by atoms with Gasteiger partial charge >= 0.3 is 5.97 Å². The van der Waals surface area contributed by atoms with Crippen molar-refractivity contribution in [3.63, 3.8) is 0 Å². The molecule has 0 spiro atoms. The monoisotopic (exact) mass is 188 g/mol. The molecule has 0 amide bonds. The van der Waals surface area contributed by atoms with Crippen LogP contribution in [-0.4, -0.2) is 37.3 Å². The van der Waals surface area contributed by atoms with Gasteiger partial charge in [0.25, 0.3) is 0 Å². The number of cyclic esters (lactones) is 1. The van der Waals surface area contributed by atoms with Crippen LogP contribution in [0, 0.1) is 0 Å². The van der Waals surface area contributed by atoms with Crippen LogP contribution in [-0.2, 0) is 14.3 Å². The fourth-order valence-corrected chi connectivity index (χ4v) is 1.51. The summed E-state index contributed by atoms with van der Waals surface area (Å²) in [5.74, 6) is 1.25. The van der Waals surface area contributed by atoms with Gasteiger partial charge in [-0.05, 0) is 0 Å². The molecule has 1 saturated heterocycles. The van der Waals surface area contributed by atoms with E-state index < -0.39 is 0 Å². The van der Waals surface area contributed by atoms with Crippen LogP contribution < -0.4 is 0 Å². The Bertz CT molecular complexity index is 159. The molecule has 4 heteroatoms. The average molecular weight is 188 g/mol. The summed E-state index contributed by atoms with van der Waals surface area (Å²) in [6.45, 7) is 5.17. The van der Waals surface area contributed by atoms with E-state index in [1.807, 2.05) is 0 Å². The Morgan fingerprint density at radius 1 is 1.33 bits per heavy atom. The SMILES string of the molecule is C=C1CSCCOCCOC1=O. The van der Waals surface area contributed by atoms with Crippen LogP contribution in [0.25, 0.3) is 0 Å². The summed E-state index contributed by atoms with van der Waals surface area (Å²) in [7, 11) is 0. The second kappa shape index (κ2) is 5.22. The molecule has 68 valence electrons. The molecule has 0 unspecified atom stereocenters. The summed E-state index contributed by atoms with van der Waals surface area (Å²) in [5.41, 5.74) is 0.543. The maximum absolute atomic E-state index is 11.0. The van der Waals surface area contributed by atoms with Crippen molar-refractivity contribution in [1.29, 1.82) is 0 Å². The molecule has 0 radical (unpaired) electrons. The van der Waals surface area contributed by atoms with Crippen molar-refractivity contribution < 1.29 is 14.3 Å². The lowest BCUT2D eigenvalue weighted by atomic mass is 10.4. The first-order chi connectivity index (χ1) is 5.80. The van der Waals surface area contributed by atoms with Gasteiger partial charge in [-0.25, -0.2) is 4.79 Å². The molecule has 1 heterocycles. The lowest BCUT2D eigenvalue weighted by molar-refractivity contribution is -0.140. The second-order valence-electron chi connectivity index (χ2n) is 2.40. The highest BCUT2D eigenvalue weighted by Gasteiger charge is 2.09. The number of ether oxygens (including phenoxy) is 2. The lowest BCUT2D eigenvalue weighted by Gasteiger charge is -2.10. The van der Waals surface area contributed by atoms with Gasteiger partial charge in [-0.1, -0.05) is 6.58 Å². The first-order valence-electron chi connectivity index (χ1n) is 3.81. The molecule has 0 bridgehead atoms. The number of hydrogen-bond acceptors (Lipinski definition) is 4. The zero-order chi connectivity index (χ0) is 8.81. The molecule has 1 aliphatic heterocycles. The fraction of sp³-hybridized carbons (Fsp3) is 0.625. The number of carbonyl (C=O) groups is 1. The topological polar surface area (TPSA) is 35.5 Å². The first-order valence-corrected chi connectivity index (χ1v) is 4.96. The molecule has 0 aromatic carbocycles. The molecule has 0 aliphatic carbocycles. The van der Waals surface area contributed by atoms with Crippen LogP contribution >= 0.6 is 11.8 Å². The number of hydrogen-bond donors (Lipinski definition) is 0. The van der Waals surface area contributed by atoms with E-state index in [2.05, 4.69) is 6.58 Å². The Hall–Kier alpha value is -0.480. The van der Waals surface area contributed by atoms with E-state index in [9.17, 15) is 4.79 Å². The van der Waals surface area contributed by atoms with E-state index in [0.717, 1.165) is 12.4 Å². The van der Waals surface area contributed by atoms with Gasteiger partial charge in [-0.2, -0.15) is 11.8 Å². The number of carbonyl (C=O) groups excluding carboxylic acids is 1. The molecule has 0 saturated carbocycles. The van der Waals surface area contributed by atoms with Gasteiger partial charge < -0.3 is 9.47 Å². The minimum atomic E-state index is -0.298. The first kappa shape index (κ1) is 9.61. The van der Waals surface area contributed by atoms with Crippen LogP contribution in [0.1, 0.15) is 0 Å². The number of thioether (sulfide) groups is 1. The summed E-state index contributed by atoms with van der Waals surface area (Å²) < 4.78 is 10.0. The van der Waals surface area contributed by atoms with Crippen molar-refractivity contribution in [2.24, 2.45) is 0 Å². The third-order valence-electron chi connectivity index (χ3n) is 1.40. The third kappa shape index (κ3) is 3.28. The Morgan fingerprint density at radius 3 is 3.00 bits per heavy atom. The summed E-state index contributed by atoms with van der Waals surface area (Å²) in [4.78, 5) is 11.0. The molecule has 1 rings (SSSR count). The fourth-order valence-electron chi connectivity index (χ4n) is 0.770. The minimum Gasteiger partial charge on any atom is -0.460 e. The molecule has 0 atom stereocenters. The van der Waals surface area contributed by atoms with E-state index >= 15 is 0 Å². The highest BCUT2D eigenvalue weighted by atomic mass is 32.2. The van der Waals surface area contributed by atoms with Gasteiger partial charge in [0.1, 0.15) is 6.61 Å². The van der Waals surface area contributed by atoms with Crippen LogP contribution in [0.5, 0.6) is 0 Å². The summed E-state index contributed by atoms with van der Waals surface area (Å²) in [5, 5.41) is 0. The quantitative estimate of drug-likeness (QED) is 0.417. The third-order valence-corrected chi connectivity index (χ3v) is 2.41. The van der Waals surface area contributed by atoms with Crippen LogP contribution in [0.4, 0.5) is 0 Å². The summed E-state index contributed by atoms with van der Waals surface area (Å²) >= 11 is 1.64. The van der Waals surface area contributed by atoms with Gasteiger partial charge in [0.05, 0.1) is 13.2 Å². The van der Waals surface area contributed by atoms with E-state index in [-0.39, 0.29) is 5.97 Å². The van der Waals surface area contributed by atoms with Crippen molar-refractivity contribution in [1.82, 2.24) is 0 Å². The molecule has 3 nitrogen and oxygen atoms in total. The summed E-state index contributed by atoms with van der Waals surface area (Å²) in [6.07, 6.45) is 0. The Balaban J connectivity index is 2.36. The van der Waals surface area contributed by atoms with Crippen molar-refractivity contribution in [2.45, 2.75) is 0 Å². The van der Waals surface area contributed by atoms with Gasteiger partial charge in [0, 0.05) is 17.1 Å². The van der Waals surface area contributed by atoms with Crippen molar-refractivity contribution in [2.75, 3.05) is 31.3 Å².